The van der Waals surface area contributed by atoms with E-state index in [0.29, 0.717) is 4.88 Å². The Hall–Kier alpha value is -2.10. The molecule has 0 aliphatic heterocycles. The molecule has 0 fully saturated rings. The number of anilines is 1. The molecule has 0 aliphatic rings. The second-order valence-electron chi connectivity index (χ2n) is 3.89. The van der Waals surface area contributed by atoms with Gasteiger partial charge in [0.1, 0.15) is 11.3 Å². The Morgan fingerprint density at radius 1 is 1.00 bits per heavy atom. The summed E-state index contributed by atoms with van der Waals surface area (Å²) in [5.41, 5.74) is -2.42. The highest BCUT2D eigenvalue weighted by atomic mass is 32.1. The lowest BCUT2D eigenvalue weighted by Gasteiger charge is -2.13. The van der Waals surface area contributed by atoms with Crippen LogP contribution in [-0.4, -0.2) is 6.21 Å². The average Bonchev–Trinajstić information content (AvgIpc) is 2.92. The van der Waals surface area contributed by atoms with Gasteiger partial charge in [0.2, 0.25) is 0 Å². The molecular formula is C12H5F7N2S. The van der Waals surface area contributed by atoms with E-state index in [1.54, 1.807) is 22.9 Å². The minimum atomic E-state index is -5.57. The second kappa shape index (κ2) is 5.95. The first kappa shape index (κ1) is 16.3. The van der Waals surface area contributed by atoms with Crippen LogP contribution in [0.15, 0.2) is 22.6 Å². The molecule has 0 spiro atoms. The number of nitrogens with zero attached hydrogens (tertiary/aromatic N) is 1. The van der Waals surface area contributed by atoms with E-state index in [-0.39, 0.29) is 0 Å². The van der Waals surface area contributed by atoms with Crippen molar-refractivity contribution in [3.63, 3.8) is 0 Å². The Kier molecular flexibility index (Phi) is 4.40. The van der Waals surface area contributed by atoms with Crippen LogP contribution in [0.2, 0.25) is 0 Å². The van der Waals surface area contributed by atoms with Crippen LogP contribution in [0.25, 0.3) is 0 Å². The molecule has 2 nitrogen and oxygen atoms in total. The topological polar surface area (TPSA) is 24.4 Å². The Morgan fingerprint density at radius 3 is 2.05 bits per heavy atom. The van der Waals surface area contributed by atoms with E-state index in [2.05, 4.69) is 5.10 Å². The number of rotatable bonds is 3. The average molecular weight is 342 g/mol. The SMILES string of the molecule is Fc1c(F)c(C(F)(F)F)c(F)c(F)c1N/N=C/c1cccs1. The van der Waals surface area contributed by atoms with Crippen LogP contribution < -0.4 is 5.43 Å². The summed E-state index contributed by atoms with van der Waals surface area (Å²) < 4.78 is 90.7. The summed E-state index contributed by atoms with van der Waals surface area (Å²) in [6.45, 7) is 0. The number of halogens is 7. The number of benzene rings is 1. The van der Waals surface area contributed by atoms with Gasteiger partial charge >= 0.3 is 6.18 Å². The van der Waals surface area contributed by atoms with Crippen LogP contribution >= 0.6 is 11.3 Å². The standard InChI is InChI=1S/C12H5F7N2S/c13-7-6(12(17,18)19)8(14)10(16)11(9(7)15)21-20-4-5-2-1-3-22-5/h1-4,21H/b20-4+. The number of hydrazone groups is 1. The molecule has 2 rings (SSSR count). The highest BCUT2D eigenvalue weighted by molar-refractivity contribution is 7.11. The fourth-order valence-electron chi connectivity index (χ4n) is 1.50. The number of alkyl halides is 3. The maximum absolute atomic E-state index is 13.5. The predicted molar refractivity (Wildman–Crippen MR) is 66.8 cm³/mol. The van der Waals surface area contributed by atoms with Crippen molar-refractivity contribution in [3.8, 4) is 0 Å². The van der Waals surface area contributed by atoms with Gasteiger partial charge in [0.15, 0.2) is 23.3 Å². The van der Waals surface area contributed by atoms with Gasteiger partial charge in [0.25, 0.3) is 0 Å². The molecule has 1 aromatic heterocycles. The molecule has 0 aliphatic carbocycles. The van der Waals surface area contributed by atoms with E-state index in [4.69, 9.17) is 0 Å². The summed E-state index contributed by atoms with van der Waals surface area (Å²) >= 11 is 1.20. The molecule has 1 aromatic carbocycles. The summed E-state index contributed by atoms with van der Waals surface area (Å²) in [6.07, 6.45) is -4.49. The second-order valence-corrected chi connectivity index (χ2v) is 4.87. The quantitative estimate of drug-likeness (QED) is 0.370. The van der Waals surface area contributed by atoms with Gasteiger partial charge in [-0.05, 0) is 11.4 Å². The first-order chi connectivity index (χ1) is 10.2. The van der Waals surface area contributed by atoms with Gasteiger partial charge in [0, 0.05) is 4.88 Å². The van der Waals surface area contributed by atoms with Gasteiger partial charge in [-0.25, -0.2) is 17.6 Å². The van der Waals surface area contributed by atoms with E-state index >= 15 is 0 Å². The molecule has 118 valence electrons. The molecule has 1 heterocycles. The van der Waals surface area contributed by atoms with E-state index < -0.39 is 40.7 Å². The molecule has 1 N–H and O–H groups in total. The monoisotopic (exact) mass is 342 g/mol. The first-order valence-electron chi connectivity index (χ1n) is 5.49. The third kappa shape index (κ3) is 3.06. The number of thiophene rings is 1. The largest absolute Gasteiger partial charge is 0.422 e. The van der Waals surface area contributed by atoms with E-state index in [1.165, 1.54) is 11.3 Å². The van der Waals surface area contributed by atoms with Crippen molar-refractivity contribution in [3.05, 3.63) is 51.2 Å². The lowest BCUT2D eigenvalue weighted by atomic mass is 10.1. The van der Waals surface area contributed by atoms with E-state index in [0.717, 1.165) is 6.21 Å². The van der Waals surface area contributed by atoms with Gasteiger partial charge in [-0.1, -0.05) is 6.07 Å². The third-order valence-electron chi connectivity index (χ3n) is 2.46. The Balaban J connectivity index is 2.41. The van der Waals surface area contributed by atoms with Crippen molar-refractivity contribution in [2.45, 2.75) is 6.18 Å². The molecule has 2 aromatic rings. The molecule has 0 radical (unpaired) electrons. The molecule has 0 saturated carbocycles. The smallest absolute Gasteiger partial charge is 0.272 e. The lowest BCUT2D eigenvalue weighted by molar-refractivity contribution is -0.143. The number of hydrogen-bond acceptors (Lipinski definition) is 3. The van der Waals surface area contributed by atoms with Crippen LogP contribution in [-0.2, 0) is 6.18 Å². The molecule has 10 heteroatoms. The van der Waals surface area contributed by atoms with Crippen LogP contribution in [0.1, 0.15) is 10.4 Å². The van der Waals surface area contributed by atoms with Crippen molar-refractivity contribution in [2.75, 3.05) is 5.43 Å². The molecule has 0 atom stereocenters. The molecule has 0 saturated heterocycles. The summed E-state index contributed by atoms with van der Waals surface area (Å²) in [7, 11) is 0. The summed E-state index contributed by atoms with van der Waals surface area (Å²) in [5, 5.41) is 4.99. The lowest BCUT2D eigenvalue weighted by Crippen LogP contribution is -2.16. The van der Waals surface area contributed by atoms with E-state index in [1.807, 2.05) is 0 Å². The maximum atomic E-state index is 13.5. The van der Waals surface area contributed by atoms with Crippen molar-refractivity contribution in [1.82, 2.24) is 0 Å². The van der Waals surface area contributed by atoms with Crippen molar-refractivity contribution in [2.24, 2.45) is 5.10 Å². The minimum absolute atomic E-state index is 0.543. The third-order valence-corrected chi connectivity index (χ3v) is 3.27. The van der Waals surface area contributed by atoms with Crippen LogP contribution in [0.3, 0.4) is 0 Å². The first-order valence-corrected chi connectivity index (χ1v) is 6.37. The van der Waals surface area contributed by atoms with Crippen LogP contribution in [0.4, 0.5) is 36.4 Å². The minimum Gasteiger partial charge on any atom is -0.272 e. The summed E-state index contributed by atoms with van der Waals surface area (Å²) in [6, 6.07) is 3.22. The molecule has 22 heavy (non-hydrogen) atoms. The van der Waals surface area contributed by atoms with Crippen molar-refractivity contribution in [1.29, 1.82) is 0 Å². The normalized spacial score (nSPS) is 12.1. The number of nitrogens with one attached hydrogen (secondary N) is 1. The molecule has 0 amide bonds. The summed E-state index contributed by atoms with van der Waals surface area (Å²) in [5.74, 6) is -9.51. The molecule has 0 bridgehead atoms. The Bertz CT molecular complexity index is 678. The van der Waals surface area contributed by atoms with Crippen molar-refractivity contribution >= 4 is 23.2 Å². The van der Waals surface area contributed by atoms with Gasteiger partial charge in [-0.2, -0.15) is 18.3 Å². The fraction of sp³-hybridized carbons (Fsp3) is 0.0833. The van der Waals surface area contributed by atoms with Gasteiger partial charge in [-0.3, -0.25) is 5.43 Å². The molecule has 0 unspecified atom stereocenters. The maximum Gasteiger partial charge on any atom is 0.422 e. The summed E-state index contributed by atoms with van der Waals surface area (Å²) in [4.78, 5) is 0.543. The Morgan fingerprint density at radius 2 is 1.59 bits per heavy atom. The Labute approximate surface area is 122 Å². The van der Waals surface area contributed by atoms with Crippen LogP contribution in [0, 0.1) is 23.3 Å². The highest BCUT2D eigenvalue weighted by Gasteiger charge is 2.42. The fourth-order valence-corrected chi connectivity index (χ4v) is 2.09. The highest BCUT2D eigenvalue weighted by Crippen LogP contribution is 2.38. The van der Waals surface area contributed by atoms with Crippen LogP contribution in [0.5, 0.6) is 0 Å². The zero-order valence-electron chi connectivity index (χ0n) is 10.3. The van der Waals surface area contributed by atoms with Gasteiger partial charge in [0.05, 0.1) is 6.21 Å². The van der Waals surface area contributed by atoms with Crippen molar-refractivity contribution < 1.29 is 30.7 Å². The van der Waals surface area contributed by atoms with Gasteiger partial charge in [-0.15, -0.1) is 11.3 Å². The van der Waals surface area contributed by atoms with Gasteiger partial charge < -0.3 is 0 Å². The molecular weight excluding hydrogens is 337 g/mol. The van der Waals surface area contributed by atoms with E-state index in [9.17, 15) is 30.7 Å². The zero-order chi connectivity index (χ0) is 16.5. The predicted octanol–water partition coefficient (Wildman–Crippen LogP) is 4.77. The number of hydrogen-bond donors (Lipinski definition) is 1. The zero-order valence-corrected chi connectivity index (χ0v) is 11.1.